The summed E-state index contributed by atoms with van der Waals surface area (Å²) in [5, 5.41) is 0.756. The molecule has 0 unspecified atom stereocenters. The van der Waals surface area contributed by atoms with Crippen molar-refractivity contribution in [3.05, 3.63) is 41.3 Å². The van der Waals surface area contributed by atoms with Gasteiger partial charge in [0.05, 0.1) is 9.58 Å². The first kappa shape index (κ1) is 14.8. The Hall–Kier alpha value is -2.08. The first-order chi connectivity index (χ1) is 10.4. The van der Waals surface area contributed by atoms with Crippen LogP contribution in [-0.4, -0.2) is 33.2 Å². The van der Waals surface area contributed by atoms with Crippen molar-refractivity contribution in [2.45, 2.75) is 0 Å². The van der Waals surface area contributed by atoms with Gasteiger partial charge >= 0.3 is 0 Å². The lowest BCUT2D eigenvalue weighted by Gasteiger charge is -2.14. The van der Waals surface area contributed by atoms with E-state index in [1.54, 1.807) is 0 Å². The number of hydrogen-bond acceptors (Lipinski definition) is 3. The third-order valence-electron chi connectivity index (χ3n) is 3.50. The number of anilines is 1. The smallest absolute Gasteiger partial charge is 0.203 e. The highest BCUT2D eigenvalue weighted by Gasteiger charge is 2.17. The van der Waals surface area contributed by atoms with Crippen molar-refractivity contribution < 1.29 is 8.78 Å². The molecule has 0 spiro atoms. The summed E-state index contributed by atoms with van der Waals surface area (Å²) in [6.07, 6.45) is 0. The maximum absolute atomic E-state index is 14.3. The summed E-state index contributed by atoms with van der Waals surface area (Å²) in [4.78, 5) is 6.73. The largest absolute Gasteiger partial charge is 0.378 e. The van der Waals surface area contributed by atoms with Gasteiger partial charge in [0.2, 0.25) is 5.36 Å². The zero-order valence-corrected chi connectivity index (χ0v) is 13.6. The van der Waals surface area contributed by atoms with Crippen molar-refractivity contribution in [1.29, 1.82) is 0 Å². The summed E-state index contributed by atoms with van der Waals surface area (Å²) < 4.78 is 31.1. The molecule has 0 amide bonds. The van der Waals surface area contributed by atoms with Gasteiger partial charge in [-0.3, -0.25) is 0 Å². The molecular formula is C16H16F2N3S+. The fourth-order valence-electron chi connectivity index (χ4n) is 2.24. The number of fused-ring (bicyclic) bond motifs is 2. The maximum atomic E-state index is 14.3. The maximum Gasteiger partial charge on any atom is 0.203 e. The Morgan fingerprint density at radius 1 is 1.05 bits per heavy atom. The summed E-state index contributed by atoms with van der Waals surface area (Å²) in [5.41, 5.74) is 1.17. The van der Waals surface area contributed by atoms with E-state index >= 15 is 0 Å². The van der Waals surface area contributed by atoms with E-state index in [4.69, 9.17) is 0 Å². The third kappa shape index (κ3) is 2.43. The van der Waals surface area contributed by atoms with Gasteiger partial charge in [-0.1, -0.05) is 0 Å². The van der Waals surface area contributed by atoms with E-state index in [-0.39, 0.29) is 11.2 Å². The van der Waals surface area contributed by atoms with Crippen LogP contribution in [0, 0.1) is 11.6 Å². The molecule has 22 heavy (non-hydrogen) atoms. The van der Waals surface area contributed by atoms with Crippen molar-refractivity contribution in [3.8, 4) is 10.6 Å². The number of halogens is 2. The van der Waals surface area contributed by atoms with Crippen LogP contribution >= 0.6 is 11.3 Å². The van der Waals surface area contributed by atoms with Gasteiger partial charge in [0.15, 0.2) is 11.6 Å². The fraction of sp³-hybridized carbons (Fsp3) is 0.250. The van der Waals surface area contributed by atoms with Crippen molar-refractivity contribution in [1.82, 2.24) is 9.56 Å². The molecule has 0 N–H and O–H groups in total. The standard InChI is InChI=1S/C16H16F2N3S/c1-20(2)9-5-11(17)15-13(7-9)22-14-8-10(21(3)4)6-12(18)16(14)19-15/h5-8H,1-4H3/q+1. The van der Waals surface area contributed by atoms with Crippen LogP contribution in [0.3, 0.4) is 0 Å². The predicted molar refractivity (Wildman–Crippen MR) is 87.6 cm³/mol. The third-order valence-corrected chi connectivity index (χ3v) is 4.56. The van der Waals surface area contributed by atoms with Gasteiger partial charge in [-0.05, 0) is 12.1 Å². The average molecular weight is 320 g/mol. The van der Waals surface area contributed by atoms with Gasteiger partial charge < -0.3 is 4.90 Å². The molecule has 0 atom stereocenters. The second-order valence-electron chi connectivity index (χ2n) is 5.55. The van der Waals surface area contributed by atoms with E-state index < -0.39 is 11.6 Å². The molecule has 2 aliphatic rings. The van der Waals surface area contributed by atoms with Gasteiger partial charge in [-0.15, -0.1) is 11.3 Å². The van der Waals surface area contributed by atoms with Crippen LogP contribution in [-0.2, 0) is 0 Å². The minimum atomic E-state index is -0.435. The monoisotopic (exact) mass is 320 g/mol. The predicted octanol–water partition coefficient (Wildman–Crippen LogP) is 2.78. The molecule has 0 bridgehead atoms. The zero-order valence-electron chi connectivity index (χ0n) is 12.8. The molecule has 0 fully saturated rings. The number of hydrogen-bond donors (Lipinski definition) is 0. The first-order valence-electron chi connectivity index (χ1n) is 6.78. The molecule has 0 saturated carbocycles. The molecule has 1 heterocycles. The van der Waals surface area contributed by atoms with E-state index in [9.17, 15) is 8.78 Å². The first-order valence-corrected chi connectivity index (χ1v) is 7.60. The van der Waals surface area contributed by atoms with Gasteiger partial charge in [0.25, 0.3) is 0 Å². The SMILES string of the molecule is CN(C)c1cc(F)c2nc3c(F)cc(=[N+](C)C)cc-3sc2c1. The summed E-state index contributed by atoms with van der Waals surface area (Å²) >= 11 is 1.35. The van der Waals surface area contributed by atoms with E-state index in [1.807, 2.05) is 49.8 Å². The minimum absolute atomic E-state index is 0.208. The highest BCUT2D eigenvalue weighted by atomic mass is 32.1. The van der Waals surface area contributed by atoms with Crippen LogP contribution in [0.5, 0.6) is 0 Å². The van der Waals surface area contributed by atoms with Crippen LogP contribution in [0.25, 0.3) is 20.8 Å². The van der Waals surface area contributed by atoms with Crippen LogP contribution < -0.4 is 14.8 Å². The van der Waals surface area contributed by atoms with Crippen LogP contribution in [0.2, 0.25) is 0 Å². The lowest BCUT2D eigenvalue weighted by molar-refractivity contribution is 0.619. The molecule has 0 saturated heterocycles. The van der Waals surface area contributed by atoms with E-state index in [2.05, 4.69) is 4.98 Å². The quantitative estimate of drug-likeness (QED) is 0.507. The second kappa shape index (κ2) is 5.28. The lowest BCUT2D eigenvalue weighted by atomic mass is 10.2. The fourth-order valence-corrected chi connectivity index (χ4v) is 3.32. The Morgan fingerprint density at radius 3 is 2.41 bits per heavy atom. The van der Waals surface area contributed by atoms with Crippen molar-refractivity contribution in [3.63, 3.8) is 0 Å². The van der Waals surface area contributed by atoms with Gasteiger partial charge in [-0.2, -0.15) is 0 Å². The molecule has 1 aliphatic carbocycles. The van der Waals surface area contributed by atoms with E-state index in [0.29, 0.717) is 9.58 Å². The van der Waals surface area contributed by atoms with Crippen molar-refractivity contribution in [2.75, 3.05) is 33.1 Å². The van der Waals surface area contributed by atoms with Gasteiger partial charge in [0.1, 0.15) is 25.3 Å². The Bertz CT molecular complexity index is 911. The molecule has 114 valence electrons. The highest BCUT2D eigenvalue weighted by molar-refractivity contribution is 7.21. The van der Waals surface area contributed by atoms with E-state index in [0.717, 1.165) is 11.0 Å². The van der Waals surface area contributed by atoms with Crippen molar-refractivity contribution in [2.24, 2.45) is 0 Å². The van der Waals surface area contributed by atoms with E-state index in [1.165, 1.54) is 23.5 Å². The molecule has 1 aliphatic heterocycles. The zero-order chi connectivity index (χ0) is 16.0. The molecular weight excluding hydrogens is 304 g/mol. The summed E-state index contributed by atoms with van der Waals surface area (Å²) in [6.45, 7) is 0. The summed E-state index contributed by atoms with van der Waals surface area (Å²) in [7, 11) is 7.40. The molecule has 0 aromatic heterocycles. The van der Waals surface area contributed by atoms with Crippen LogP contribution in [0.15, 0.2) is 24.3 Å². The summed E-state index contributed by atoms with van der Waals surface area (Å²) in [5.74, 6) is -0.870. The lowest BCUT2D eigenvalue weighted by Crippen LogP contribution is -2.22. The van der Waals surface area contributed by atoms with Crippen LogP contribution in [0.1, 0.15) is 0 Å². The topological polar surface area (TPSA) is 19.1 Å². The number of rotatable bonds is 1. The van der Waals surface area contributed by atoms with Crippen LogP contribution in [0.4, 0.5) is 14.5 Å². The molecule has 3 nitrogen and oxygen atoms in total. The Labute approximate surface area is 131 Å². The molecule has 3 rings (SSSR count). The minimum Gasteiger partial charge on any atom is -0.378 e. The molecule has 0 radical (unpaired) electrons. The second-order valence-corrected chi connectivity index (χ2v) is 6.64. The van der Waals surface area contributed by atoms with Crippen molar-refractivity contribution >= 4 is 27.2 Å². The molecule has 1 aromatic carbocycles. The highest BCUT2D eigenvalue weighted by Crippen LogP contribution is 2.34. The normalized spacial score (nSPS) is 11.2. The van der Waals surface area contributed by atoms with Gasteiger partial charge in [-0.25, -0.2) is 18.3 Å². The Kier molecular flexibility index (Phi) is 3.56. The number of aromatic nitrogens is 1. The summed E-state index contributed by atoms with van der Waals surface area (Å²) in [6, 6.07) is 6.57. The Morgan fingerprint density at radius 2 is 1.77 bits per heavy atom. The Balaban J connectivity index is 2.42. The molecule has 1 aromatic rings. The average Bonchev–Trinajstić information content (AvgIpc) is 2.45. The van der Waals surface area contributed by atoms with Gasteiger partial charge in [0, 0.05) is 31.9 Å². The molecule has 6 heteroatoms. The number of benzene rings is 2. The number of nitrogens with zero attached hydrogens (tertiary/aromatic N) is 3.